The van der Waals surface area contributed by atoms with Crippen LogP contribution >= 0.6 is 0 Å². The van der Waals surface area contributed by atoms with E-state index in [1.165, 1.54) is 50.4 Å². The van der Waals surface area contributed by atoms with Crippen LogP contribution in [0.15, 0.2) is 53.6 Å². The van der Waals surface area contributed by atoms with Gasteiger partial charge in [0, 0.05) is 33.4 Å². The quantitative estimate of drug-likeness (QED) is 0.156. The number of aromatic hydroxyl groups is 2. The molecule has 15 heteroatoms. The number of carbonyl (C=O) groups excluding carboxylic acids is 7. The second-order valence-corrected chi connectivity index (χ2v) is 14.2. The molecule has 7 rings (SSSR count). The van der Waals surface area contributed by atoms with Crippen LogP contribution in [0.2, 0.25) is 0 Å². The van der Waals surface area contributed by atoms with E-state index in [9.17, 15) is 39.0 Å². The topological polar surface area (TPSA) is 229 Å². The molecule has 5 atom stereocenters. The second-order valence-electron chi connectivity index (χ2n) is 14.2. The van der Waals surface area contributed by atoms with Gasteiger partial charge in [0.15, 0.2) is 17.3 Å². The first-order chi connectivity index (χ1) is 26.7. The van der Waals surface area contributed by atoms with Crippen molar-refractivity contribution in [2.75, 3.05) is 20.3 Å². The zero-order chi connectivity index (χ0) is 40.5. The Bertz CT molecular complexity index is 2390. The number of hydrogen-bond acceptors (Lipinski definition) is 13. The van der Waals surface area contributed by atoms with Crippen LogP contribution in [-0.2, 0) is 23.9 Å². The number of ketones is 4. The third-order valence-corrected chi connectivity index (χ3v) is 11.0. The van der Waals surface area contributed by atoms with Crippen molar-refractivity contribution < 1.29 is 58.0 Å². The number of fused-ring (bicyclic) bond motifs is 6. The molecule has 4 aliphatic rings. The highest BCUT2D eigenvalue weighted by atomic mass is 16.5. The lowest BCUT2D eigenvalue weighted by molar-refractivity contribution is -0.153. The third-order valence-electron chi connectivity index (χ3n) is 11.0. The van der Waals surface area contributed by atoms with Crippen LogP contribution in [0.5, 0.6) is 17.2 Å². The van der Waals surface area contributed by atoms with Crippen molar-refractivity contribution in [2.45, 2.75) is 52.6 Å². The van der Waals surface area contributed by atoms with E-state index in [4.69, 9.17) is 19.9 Å². The van der Waals surface area contributed by atoms with E-state index in [2.05, 4.69) is 5.32 Å². The first-order valence-electron chi connectivity index (χ1n) is 18.2. The number of phenolic OH excluding ortho intramolecular Hbond substituents is 2. The van der Waals surface area contributed by atoms with E-state index in [0.717, 1.165) is 11.3 Å². The molecule has 290 valence electrons. The molecule has 2 heterocycles. The SMILES string of the molecule is CCCC(C)C1=CC2C(=O)c3ccc4c(OC)c5c(c(O)c4c3C(=O)C2/C(=C(\N)C(=O)N2CC(C(=O)OCC)NC(=O)C2C)O1)C(=O)c1cccc(O)c1C5=O. The molecule has 3 aromatic rings. The number of esters is 1. The summed E-state index contributed by atoms with van der Waals surface area (Å²) in [6.07, 6.45) is 2.88. The number of amides is 2. The number of benzene rings is 3. The lowest BCUT2D eigenvalue weighted by Gasteiger charge is -2.39. The lowest BCUT2D eigenvalue weighted by Crippen LogP contribution is -2.63. The van der Waals surface area contributed by atoms with Gasteiger partial charge >= 0.3 is 5.97 Å². The minimum atomic E-state index is -1.55. The van der Waals surface area contributed by atoms with Crippen molar-refractivity contribution in [3.8, 4) is 17.2 Å². The Hall–Kier alpha value is -6.51. The highest BCUT2D eigenvalue weighted by molar-refractivity contribution is 6.35. The van der Waals surface area contributed by atoms with Gasteiger partial charge in [0.2, 0.25) is 11.7 Å². The molecule has 0 bridgehead atoms. The van der Waals surface area contributed by atoms with Gasteiger partial charge < -0.3 is 40.4 Å². The molecule has 5 N–H and O–H groups in total. The largest absolute Gasteiger partial charge is 0.507 e. The molecule has 2 aliphatic carbocycles. The predicted octanol–water partition coefficient (Wildman–Crippen LogP) is 3.45. The number of hydrogen-bond donors (Lipinski definition) is 4. The molecular weight excluding hydrogens is 726 g/mol. The fourth-order valence-electron chi connectivity index (χ4n) is 8.17. The Kier molecular flexibility index (Phi) is 9.42. The van der Waals surface area contributed by atoms with Crippen LogP contribution in [0.3, 0.4) is 0 Å². The highest BCUT2D eigenvalue weighted by Crippen LogP contribution is 2.51. The van der Waals surface area contributed by atoms with Crippen molar-refractivity contribution >= 4 is 51.7 Å². The Balaban J connectivity index is 1.43. The van der Waals surface area contributed by atoms with Gasteiger partial charge in [-0.2, -0.15) is 0 Å². The van der Waals surface area contributed by atoms with Gasteiger partial charge in [-0.1, -0.05) is 32.4 Å². The average molecular weight is 766 g/mol. The van der Waals surface area contributed by atoms with E-state index in [1.807, 2.05) is 13.8 Å². The normalized spacial score (nSPS) is 22.8. The molecule has 5 unspecified atom stereocenters. The minimum absolute atomic E-state index is 0.0133. The third kappa shape index (κ3) is 5.51. The zero-order valence-corrected chi connectivity index (χ0v) is 31.2. The van der Waals surface area contributed by atoms with Crippen LogP contribution in [0, 0.1) is 17.8 Å². The number of phenols is 2. The molecule has 0 aromatic heterocycles. The fraction of sp³-hybridized carbons (Fsp3) is 0.341. The maximum atomic E-state index is 15.0. The molecule has 0 radical (unpaired) electrons. The molecule has 2 amide bonds. The van der Waals surface area contributed by atoms with Crippen molar-refractivity contribution in [3.05, 3.63) is 87.0 Å². The number of methoxy groups -OCH3 is 1. The van der Waals surface area contributed by atoms with Gasteiger partial charge in [-0.25, -0.2) is 4.79 Å². The van der Waals surface area contributed by atoms with E-state index >= 15 is 4.79 Å². The standard InChI is InChI=1S/C41H39N3O12/c1-6-9-16(3)24-14-21-28(38(56-24)31(42)40(52)44-15-22(41(53)55-7-2)43-39(51)17(44)4)35(49)26-19(32(21)46)12-13-20-27(26)36(50)29-30(37(20)54-5)34(48)25-18(33(29)47)10-8-11-23(25)45/h8,10-14,16-17,21-22,28,45,50H,6-7,9,15,42H2,1-5H3,(H,43,51)/b38-31+. The molecule has 3 aromatic carbocycles. The van der Waals surface area contributed by atoms with Crippen LogP contribution in [-0.4, -0.2) is 88.4 Å². The summed E-state index contributed by atoms with van der Waals surface area (Å²) in [4.78, 5) is 98.3. The summed E-state index contributed by atoms with van der Waals surface area (Å²) in [6, 6.07) is 4.39. The number of rotatable bonds is 7. The summed E-state index contributed by atoms with van der Waals surface area (Å²) >= 11 is 0. The lowest BCUT2D eigenvalue weighted by atomic mass is 9.69. The van der Waals surface area contributed by atoms with Crippen LogP contribution in [0.1, 0.15) is 93.1 Å². The van der Waals surface area contributed by atoms with Crippen molar-refractivity contribution in [2.24, 2.45) is 23.5 Å². The summed E-state index contributed by atoms with van der Waals surface area (Å²) in [7, 11) is 1.23. The van der Waals surface area contributed by atoms with E-state index < -0.39 is 87.6 Å². The smallest absolute Gasteiger partial charge is 0.330 e. The Morgan fingerprint density at radius 3 is 2.39 bits per heavy atom. The summed E-state index contributed by atoms with van der Waals surface area (Å²) < 4.78 is 17.0. The fourth-order valence-corrected chi connectivity index (χ4v) is 8.17. The van der Waals surface area contributed by atoms with Crippen LogP contribution in [0.25, 0.3) is 10.8 Å². The molecule has 1 saturated heterocycles. The summed E-state index contributed by atoms with van der Waals surface area (Å²) in [5.74, 6) is -9.86. The predicted molar refractivity (Wildman–Crippen MR) is 197 cm³/mol. The maximum Gasteiger partial charge on any atom is 0.330 e. The summed E-state index contributed by atoms with van der Waals surface area (Å²) in [5.41, 5.74) is 4.32. The van der Waals surface area contributed by atoms with Crippen molar-refractivity contribution in [1.29, 1.82) is 0 Å². The van der Waals surface area contributed by atoms with Crippen LogP contribution in [0.4, 0.5) is 0 Å². The molecule has 56 heavy (non-hydrogen) atoms. The average Bonchev–Trinajstić information content (AvgIpc) is 3.18. The summed E-state index contributed by atoms with van der Waals surface area (Å²) in [5, 5.41) is 24.8. The number of nitrogens with two attached hydrogens (primary N) is 1. The number of nitrogens with zero attached hydrogens (tertiary/aromatic N) is 1. The highest BCUT2D eigenvalue weighted by Gasteiger charge is 2.51. The number of ether oxygens (including phenoxy) is 3. The molecule has 1 fully saturated rings. The van der Waals surface area contributed by atoms with E-state index in [0.29, 0.717) is 12.2 Å². The zero-order valence-electron chi connectivity index (χ0n) is 31.2. The number of allylic oxidation sites excluding steroid dienone is 3. The molecule has 0 saturated carbocycles. The van der Waals surface area contributed by atoms with Gasteiger partial charge in [0.1, 0.15) is 46.5 Å². The van der Waals surface area contributed by atoms with Crippen molar-refractivity contribution in [3.63, 3.8) is 0 Å². The second kappa shape index (κ2) is 14.0. The number of Topliss-reactive ketones (excluding diaryl/α,β-unsaturated/α-hetero) is 2. The first kappa shape index (κ1) is 37.8. The maximum absolute atomic E-state index is 15.0. The van der Waals surface area contributed by atoms with Gasteiger partial charge in [0.05, 0.1) is 48.8 Å². The number of nitrogens with one attached hydrogen (secondary N) is 1. The number of carbonyl (C=O) groups is 7. The van der Waals surface area contributed by atoms with Gasteiger partial charge in [-0.15, -0.1) is 0 Å². The van der Waals surface area contributed by atoms with E-state index in [1.54, 1.807) is 6.92 Å². The molecule has 0 spiro atoms. The van der Waals surface area contributed by atoms with E-state index in [-0.39, 0.29) is 69.2 Å². The number of piperazine rings is 1. The molecular formula is C41H39N3O12. The molecule has 15 nitrogen and oxygen atoms in total. The Labute approximate surface area is 320 Å². The Morgan fingerprint density at radius 1 is 0.982 bits per heavy atom. The van der Waals surface area contributed by atoms with Gasteiger partial charge in [0.25, 0.3) is 5.91 Å². The van der Waals surface area contributed by atoms with Gasteiger partial charge in [-0.05, 0) is 44.5 Å². The first-order valence-corrected chi connectivity index (χ1v) is 18.2. The van der Waals surface area contributed by atoms with Crippen LogP contribution < -0.4 is 15.8 Å². The monoisotopic (exact) mass is 765 g/mol. The summed E-state index contributed by atoms with van der Waals surface area (Å²) in [6.45, 7) is 6.55. The molecule has 2 aliphatic heterocycles. The van der Waals surface area contributed by atoms with Crippen molar-refractivity contribution in [1.82, 2.24) is 10.2 Å². The Morgan fingerprint density at radius 2 is 1.71 bits per heavy atom. The van der Waals surface area contributed by atoms with Gasteiger partial charge in [-0.3, -0.25) is 28.8 Å². The minimum Gasteiger partial charge on any atom is -0.507 e.